The van der Waals surface area contributed by atoms with Gasteiger partial charge >= 0.3 is 0 Å². The van der Waals surface area contributed by atoms with Gasteiger partial charge in [-0.3, -0.25) is 0 Å². The van der Waals surface area contributed by atoms with E-state index in [0.717, 1.165) is 43.3 Å². The van der Waals surface area contributed by atoms with E-state index in [1.54, 1.807) is 0 Å². The van der Waals surface area contributed by atoms with Crippen molar-refractivity contribution in [2.45, 2.75) is 51.5 Å². The van der Waals surface area contributed by atoms with E-state index in [1.807, 2.05) is 19.2 Å². The Kier molecular flexibility index (Phi) is 3.13. The number of aromatic amines is 1. The Morgan fingerprint density at radius 1 is 1.19 bits per heavy atom. The molecule has 0 aromatic carbocycles. The number of imidazole rings is 1. The highest BCUT2D eigenvalue weighted by atomic mass is 15.3. The molecule has 4 rings (SSSR count). The molecular formula is C16H21N5. The normalized spacial score (nSPS) is 21.6. The van der Waals surface area contributed by atoms with Crippen molar-refractivity contribution in [1.82, 2.24) is 19.9 Å². The van der Waals surface area contributed by atoms with Gasteiger partial charge in [0.2, 0.25) is 5.95 Å². The fraction of sp³-hybridized carbons (Fsp3) is 0.562. The maximum absolute atomic E-state index is 4.88. The molecule has 21 heavy (non-hydrogen) atoms. The third kappa shape index (κ3) is 2.30. The van der Waals surface area contributed by atoms with Crippen molar-refractivity contribution in [2.24, 2.45) is 0 Å². The molecular weight excluding hydrogens is 262 g/mol. The van der Waals surface area contributed by atoms with E-state index in [4.69, 9.17) is 4.98 Å². The quantitative estimate of drug-likeness (QED) is 0.920. The molecule has 2 aromatic rings. The zero-order valence-corrected chi connectivity index (χ0v) is 12.5. The van der Waals surface area contributed by atoms with Crippen molar-refractivity contribution in [3.05, 3.63) is 35.2 Å². The van der Waals surface area contributed by atoms with Crippen LogP contribution in [0.2, 0.25) is 0 Å². The van der Waals surface area contributed by atoms with Gasteiger partial charge in [-0.1, -0.05) is 0 Å². The molecule has 2 aliphatic rings. The van der Waals surface area contributed by atoms with Crippen LogP contribution >= 0.6 is 0 Å². The van der Waals surface area contributed by atoms with Crippen LogP contribution in [0.25, 0.3) is 0 Å². The molecule has 3 heterocycles. The minimum Gasteiger partial charge on any atom is -0.344 e. The van der Waals surface area contributed by atoms with Gasteiger partial charge in [0.05, 0.1) is 11.7 Å². The lowest BCUT2D eigenvalue weighted by molar-refractivity contribution is 0.659. The summed E-state index contributed by atoms with van der Waals surface area (Å²) in [4.78, 5) is 19.8. The Morgan fingerprint density at radius 2 is 2.10 bits per heavy atom. The van der Waals surface area contributed by atoms with Gasteiger partial charge in [-0.2, -0.15) is 0 Å². The van der Waals surface area contributed by atoms with E-state index in [2.05, 4.69) is 19.9 Å². The lowest BCUT2D eigenvalue weighted by Gasteiger charge is -2.23. The summed E-state index contributed by atoms with van der Waals surface area (Å²) < 4.78 is 0. The summed E-state index contributed by atoms with van der Waals surface area (Å²) in [6, 6.07) is 2.25. The lowest BCUT2D eigenvalue weighted by Crippen LogP contribution is -2.25. The molecule has 1 fully saturated rings. The average molecular weight is 283 g/mol. The first-order valence-electron chi connectivity index (χ1n) is 7.95. The van der Waals surface area contributed by atoms with Gasteiger partial charge in [0.15, 0.2) is 0 Å². The minimum absolute atomic E-state index is 0.303. The fourth-order valence-corrected chi connectivity index (χ4v) is 3.50. The van der Waals surface area contributed by atoms with Crippen LogP contribution in [-0.2, 0) is 12.8 Å². The van der Waals surface area contributed by atoms with Gasteiger partial charge in [-0.25, -0.2) is 15.0 Å². The van der Waals surface area contributed by atoms with Crippen LogP contribution in [-0.4, -0.2) is 26.5 Å². The summed E-state index contributed by atoms with van der Waals surface area (Å²) in [5.41, 5.74) is 3.66. The van der Waals surface area contributed by atoms with Crippen LogP contribution in [0.4, 0.5) is 5.95 Å². The predicted molar refractivity (Wildman–Crippen MR) is 81.3 cm³/mol. The second-order valence-electron chi connectivity index (χ2n) is 6.10. The first kappa shape index (κ1) is 12.8. The summed E-state index contributed by atoms with van der Waals surface area (Å²) in [5, 5.41) is 0. The van der Waals surface area contributed by atoms with Gasteiger partial charge in [0.25, 0.3) is 0 Å². The number of hydrogen-bond donors (Lipinski definition) is 1. The SMILES string of the molecule is Cc1ccnc(N2CCC[C@H]2c2nc3c([nH]2)CCCC3)n1. The topological polar surface area (TPSA) is 57.7 Å². The largest absolute Gasteiger partial charge is 0.344 e. The van der Waals surface area contributed by atoms with E-state index in [9.17, 15) is 0 Å². The molecule has 1 atom stereocenters. The molecule has 0 amide bonds. The molecule has 110 valence electrons. The molecule has 1 N–H and O–H groups in total. The first-order chi connectivity index (χ1) is 10.3. The molecule has 1 aliphatic heterocycles. The van der Waals surface area contributed by atoms with E-state index in [-0.39, 0.29) is 0 Å². The third-order valence-corrected chi connectivity index (χ3v) is 4.58. The van der Waals surface area contributed by atoms with E-state index >= 15 is 0 Å². The number of H-pyrrole nitrogens is 1. The van der Waals surface area contributed by atoms with Crippen molar-refractivity contribution < 1.29 is 0 Å². The molecule has 0 bridgehead atoms. The van der Waals surface area contributed by atoms with E-state index in [1.165, 1.54) is 30.7 Å². The molecule has 1 aliphatic carbocycles. The van der Waals surface area contributed by atoms with Crippen molar-refractivity contribution in [2.75, 3.05) is 11.4 Å². The van der Waals surface area contributed by atoms with Crippen molar-refractivity contribution >= 4 is 5.95 Å². The number of nitrogens with zero attached hydrogens (tertiary/aromatic N) is 4. The van der Waals surface area contributed by atoms with Gasteiger partial charge in [-0.15, -0.1) is 0 Å². The smallest absolute Gasteiger partial charge is 0.226 e. The third-order valence-electron chi connectivity index (χ3n) is 4.58. The molecule has 1 saturated heterocycles. The van der Waals surface area contributed by atoms with Crippen LogP contribution in [0.1, 0.15) is 54.6 Å². The van der Waals surface area contributed by atoms with Gasteiger partial charge in [0, 0.05) is 24.1 Å². The summed E-state index contributed by atoms with van der Waals surface area (Å²) >= 11 is 0. The van der Waals surface area contributed by atoms with Gasteiger partial charge in [0.1, 0.15) is 5.82 Å². The predicted octanol–water partition coefficient (Wildman–Crippen LogP) is 2.73. The Bertz CT molecular complexity index is 624. The molecule has 5 nitrogen and oxygen atoms in total. The molecule has 0 radical (unpaired) electrons. The maximum atomic E-state index is 4.88. The van der Waals surface area contributed by atoms with Crippen LogP contribution in [0, 0.1) is 6.92 Å². The number of nitrogens with one attached hydrogen (secondary N) is 1. The molecule has 5 heteroatoms. The monoisotopic (exact) mass is 283 g/mol. The average Bonchev–Trinajstić information content (AvgIpc) is 3.13. The van der Waals surface area contributed by atoms with Crippen molar-refractivity contribution in [3.8, 4) is 0 Å². The second-order valence-corrected chi connectivity index (χ2v) is 6.10. The molecule has 2 aromatic heterocycles. The molecule has 0 unspecified atom stereocenters. The number of aryl methyl sites for hydroxylation is 3. The minimum atomic E-state index is 0.303. The Balaban J connectivity index is 1.65. The van der Waals surface area contributed by atoms with Crippen molar-refractivity contribution in [1.29, 1.82) is 0 Å². The second kappa shape index (κ2) is 5.13. The van der Waals surface area contributed by atoms with Crippen LogP contribution in [0.15, 0.2) is 12.3 Å². The van der Waals surface area contributed by atoms with Crippen LogP contribution in [0.3, 0.4) is 0 Å². The standard InChI is InChI=1S/C16H21N5/c1-11-8-9-17-16(18-11)21-10-4-7-14(21)15-19-12-5-2-3-6-13(12)20-15/h8-9,14H,2-7,10H2,1H3,(H,19,20)/t14-/m0/s1. The highest BCUT2D eigenvalue weighted by Gasteiger charge is 2.31. The summed E-state index contributed by atoms with van der Waals surface area (Å²) in [5.74, 6) is 1.95. The highest BCUT2D eigenvalue weighted by molar-refractivity contribution is 5.36. The van der Waals surface area contributed by atoms with E-state index in [0.29, 0.717) is 6.04 Å². The molecule has 0 spiro atoms. The zero-order valence-electron chi connectivity index (χ0n) is 12.5. The number of anilines is 1. The van der Waals surface area contributed by atoms with E-state index < -0.39 is 0 Å². The summed E-state index contributed by atoms with van der Waals surface area (Å²) in [7, 11) is 0. The number of fused-ring (bicyclic) bond motifs is 1. The Hall–Kier alpha value is -1.91. The highest BCUT2D eigenvalue weighted by Crippen LogP contribution is 2.34. The number of aromatic nitrogens is 4. The van der Waals surface area contributed by atoms with Crippen molar-refractivity contribution in [3.63, 3.8) is 0 Å². The molecule has 0 saturated carbocycles. The zero-order chi connectivity index (χ0) is 14.2. The lowest BCUT2D eigenvalue weighted by atomic mass is 10.0. The first-order valence-corrected chi connectivity index (χ1v) is 7.95. The summed E-state index contributed by atoms with van der Waals surface area (Å²) in [6.45, 7) is 3.03. The van der Waals surface area contributed by atoms with Crippen LogP contribution in [0.5, 0.6) is 0 Å². The Labute approximate surface area is 124 Å². The summed E-state index contributed by atoms with van der Waals surface area (Å²) in [6.07, 6.45) is 8.98. The maximum Gasteiger partial charge on any atom is 0.226 e. The number of hydrogen-bond acceptors (Lipinski definition) is 4. The fourth-order valence-electron chi connectivity index (χ4n) is 3.50. The van der Waals surface area contributed by atoms with Crippen LogP contribution < -0.4 is 4.90 Å². The van der Waals surface area contributed by atoms with Gasteiger partial charge in [-0.05, 0) is 51.5 Å². The number of rotatable bonds is 2. The Morgan fingerprint density at radius 3 is 2.95 bits per heavy atom. The van der Waals surface area contributed by atoms with Gasteiger partial charge < -0.3 is 9.88 Å².